The van der Waals surface area contributed by atoms with Gasteiger partial charge in [0.15, 0.2) is 6.10 Å². The van der Waals surface area contributed by atoms with Crippen molar-refractivity contribution in [3.05, 3.63) is 47.8 Å². The number of aliphatic hydroxyl groups is 1. The molecule has 136 valence electrons. The van der Waals surface area contributed by atoms with Crippen molar-refractivity contribution >= 4 is 5.97 Å². The summed E-state index contributed by atoms with van der Waals surface area (Å²) in [5.41, 5.74) is -0.149. The maximum absolute atomic E-state index is 12.6. The second-order valence-electron chi connectivity index (χ2n) is 5.04. The highest BCUT2D eigenvalue weighted by Gasteiger charge is 2.29. The maximum atomic E-state index is 12.6. The molecule has 0 fully saturated rings. The normalized spacial score (nSPS) is 14.4. The summed E-state index contributed by atoms with van der Waals surface area (Å²) in [7, 11) is 1.11. The minimum Gasteiger partial charge on any atom is -0.487 e. The van der Waals surface area contributed by atoms with E-state index in [9.17, 15) is 23.1 Å². The van der Waals surface area contributed by atoms with Crippen LogP contribution in [0.3, 0.4) is 0 Å². The molecule has 2 rings (SSSR count). The first kappa shape index (κ1) is 15.9. The van der Waals surface area contributed by atoms with E-state index >= 15 is 0 Å². The van der Waals surface area contributed by atoms with Gasteiger partial charge in [-0.1, -0.05) is 18.2 Å². The summed E-state index contributed by atoms with van der Waals surface area (Å²) in [6, 6.07) is 7.05. The number of hydrogen-bond acceptors (Lipinski definition) is 5. The van der Waals surface area contributed by atoms with Gasteiger partial charge in [-0.2, -0.15) is 18.3 Å². The van der Waals surface area contributed by atoms with Gasteiger partial charge in [-0.25, -0.2) is 4.79 Å². The minimum absolute atomic E-state index is 0.0368. The Balaban J connectivity index is 2.26. The average Bonchev–Trinajstić information content (AvgIpc) is 3.02. The van der Waals surface area contributed by atoms with Crippen LogP contribution < -0.4 is 4.74 Å². The van der Waals surface area contributed by atoms with Crippen LogP contribution in [0.25, 0.3) is 0 Å². The predicted molar refractivity (Wildman–Crippen MR) is 80.8 cm³/mol. The molecule has 0 saturated heterocycles. The monoisotopic (exact) mass is 360 g/mol. The van der Waals surface area contributed by atoms with Gasteiger partial charge in [-0.05, 0) is 17.7 Å². The van der Waals surface area contributed by atoms with Crippen LogP contribution in [0, 0.1) is 0 Å². The highest BCUT2D eigenvalue weighted by molar-refractivity contribution is 5.74. The minimum atomic E-state index is -4.58. The molecule has 0 radical (unpaired) electrons. The Kier molecular flexibility index (Phi) is 5.11. The summed E-state index contributed by atoms with van der Waals surface area (Å²) < 4.78 is 64.1. The third-order valence-electron chi connectivity index (χ3n) is 3.17. The van der Waals surface area contributed by atoms with E-state index < -0.39 is 37.0 Å². The third kappa shape index (κ3) is 5.49. The SMILES string of the molecule is [2H]C([2H])(Oc1ccccc1C[C@@H](O)C(=O)OC)c1ccnn1CC(F)(F)F. The summed E-state index contributed by atoms with van der Waals surface area (Å²) in [6.07, 6.45) is -5.27. The van der Waals surface area contributed by atoms with Gasteiger partial charge in [0.1, 0.15) is 18.9 Å². The fourth-order valence-electron chi connectivity index (χ4n) is 2.02. The molecule has 1 N–H and O–H groups in total. The summed E-state index contributed by atoms with van der Waals surface area (Å²) in [4.78, 5) is 11.4. The molecular formula is C16H17F3N2O4. The van der Waals surface area contributed by atoms with Crippen molar-refractivity contribution in [3.8, 4) is 5.75 Å². The van der Waals surface area contributed by atoms with Gasteiger partial charge in [0.05, 0.1) is 15.5 Å². The van der Waals surface area contributed by atoms with Crippen LogP contribution in [0.4, 0.5) is 13.2 Å². The quantitative estimate of drug-likeness (QED) is 0.766. The average molecular weight is 360 g/mol. The number of nitrogens with zero attached hydrogens (tertiary/aromatic N) is 2. The standard InChI is InChI=1S/C16H17F3N2O4/c1-24-15(23)13(22)8-11-4-2-3-5-14(11)25-9-12-6-7-20-21(12)10-16(17,18)19/h2-7,13,22H,8-10H2,1H3/t13-/m1/s1/i9D2. The number of alkyl halides is 3. The lowest BCUT2D eigenvalue weighted by Gasteiger charge is -2.15. The second kappa shape index (κ2) is 8.02. The molecule has 0 aliphatic carbocycles. The number of rotatable bonds is 7. The molecule has 1 atom stereocenters. The fraction of sp³-hybridized carbons (Fsp3) is 0.375. The van der Waals surface area contributed by atoms with Crippen LogP contribution in [0.15, 0.2) is 36.5 Å². The number of aromatic nitrogens is 2. The number of methoxy groups -OCH3 is 1. The van der Waals surface area contributed by atoms with E-state index in [1.54, 1.807) is 6.07 Å². The number of ether oxygens (including phenoxy) is 2. The van der Waals surface area contributed by atoms with Gasteiger partial charge < -0.3 is 14.6 Å². The lowest BCUT2D eigenvalue weighted by Crippen LogP contribution is -2.24. The first-order chi connectivity index (χ1) is 12.5. The highest BCUT2D eigenvalue weighted by Crippen LogP contribution is 2.22. The van der Waals surface area contributed by atoms with Crippen LogP contribution in [-0.4, -0.2) is 40.2 Å². The summed E-state index contributed by atoms with van der Waals surface area (Å²) in [5.74, 6) is -0.915. The van der Waals surface area contributed by atoms with Gasteiger partial charge >= 0.3 is 12.1 Å². The Morgan fingerprint density at radius 3 is 2.80 bits per heavy atom. The van der Waals surface area contributed by atoms with Gasteiger partial charge in [0, 0.05) is 12.6 Å². The molecule has 1 heterocycles. The molecule has 0 bridgehead atoms. The van der Waals surface area contributed by atoms with Crippen molar-refractivity contribution < 1.29 is 35.3 Å². The zero-order valence-electron chi connectivity index (χ0n) is 15.2. The van der Waals surface area contributed by atoms with Crippen molar-refractivity contribution in [1.29, 1.82) is 0 Å². The number of halogens is 3. The first-order valence-electron chi connectivity index (χ1n) is 8.15. The molecule has 6 nitrogen and oxygen atoms in total. The Labute approximate surface area is 144 Å². The third-order valence-corrected chi connectivity index (χ3v) is 3.17. The molecule has 0 aliphatic rings. The Morgan fingerprint density at radius 2 is 2.12 bits per heavy atom. The molecule has 0 saturated carbocycles. The molecule has 0 amide bonds. The van der Waals surface area contributed by atoms with E-state index in [0.717, 1.165) is 19.4 Å². The van der Waals surface area contributed by atoms with Gasteiger partial charge in [0.2, 0.25) is 0 Å². The van der Waals surface area contributed by atoms with Gasteiger partial charge in [0.25, 0.3) is 0 Å². The molecule has 1 aromatic carbocycles. The van der Waals surface area contributed by atoms with Crippen LogP contribution in [0.5, 0.6) is 5.75 Å². The number of carbonyl (C=O) groups excluding carboxylic acids is 1. The van der Waals surface area contributed by atoms with Crippen LogP contribution >= 0.6 is 0 Å². The zero-order valence-corrected chi connectivity index (χ0v) is 13.2. The van der Waals surface area contributed by atoms with Crippen molar-refractivity contribution in [3.63, 3.8) is 0 Å². The van der Waals surface area contributed by atoms with Crippen LogP contribution in [0.2, 0.25) is 0 Å². The van der Waals surface area contributed by atoms with Crippen LogP contribution in [0.1, 0.15) is 14.0 Å². The van der Waals surface area contributed by atoms with Crippen molar-refractivity contribution in [2.75, 3.05) is 7.11 Å². The highest BCUT2D eigenvalue weighted by atomic mass is 19.4. The van der Waals surface area contributed by atoms with E-state index in [1.807, 2.05) is 0 Å². The zero-order chi connectivity index (χ0) is 20.2. The molecule has 25 heavy (non-hydrogen) atoms. The second-order valence-corrected chi connectivity index (χ2v) is 5.04. The van der Waals surface area contributed by atoms with Crippen LogP contribution in [-0.2, 0) is 29.1 Å². The number of esters is 1. The van der Waals surface area contributed by atoms with E-state index in [4.69, 9.17) is 7.48 Å². The summed E-state index contributed by atoms with van der Waals surface area (Å²) in [5, 5.41) is 13.3. The maximum Gasteiger partial charge on any atom is 0.408 e. The van der Waals surface area contributed by atoms with Crippen molar-refractivity contribution in [2.45, 2.75) is 31.8 Å². The molecular weight excluding hydrogens is 341 g/mol. The molecule has 0 unspecified atom stereocenters. The number of hydrogen-bond donors (Lipinski definition) is 1. The Bertz CT molecular complexity index is 796. The van der Waals surface area contributed by atoms with Gasteiger partial charge in [-0.15, -0.1) is 0 Å². The van der Waals surface area contributed by atoms with Gasteiger partial charge in [-0.3, -0.25) is 4.68 Å². The summed E-state index contributed by atoms with van der Waals surface area (Å²) in [6.45, 7) is -4.12. The van der Waals surface area contributed by atoms with E-state index in [0.29, 0.717) is 4.68 Å². The van der Waals surface area contributed by atoms with Crippen molar-refractivity contribution in [2.24, 2.45) is 0 Å². The Morgan fingerprint density at radius 1 is 1.40 bits per heavy atom. The smallest absolute Gasteiger partial charge is 0.408 e. The first-order valence-corrected chi connectivity index (χ1v) is 7.15. The Hall–Kier alpha value is -2.55. The number of benzene rings is 1. The molecule has 0 aliphatic heterocycles. The number of aliphatic hydroxyl groups excluding tert-OH is 1. The lowest BCUT2D eigenvalue weighted by molar-refractivity contribution is -0.150. The fourth-order valence-corrected chi connectivity index (χ4v) is 2.02. The van der Waals surface area contributed by atoms with Crippen molar-refractivity contribution in [1.82, 2.24) is 9.78 Å². The molecule has 2 aromatic rings. The topological polar surface area (TPSA) is 73.6 Å². The van der Waals surface area contributed by atoms with E-state index in [-0.39, 0.29) is 17.7 Å². The van der Waals surface area contributed by atoms with E-state index in [2.05, 4.69) is 9.84 Å². The molecule has 0 spiro atoms. The summed E-state index contributed by atoms with van der Waals surface area (Å²) >= 11 is 0. The number of carbonyl (C=O) groups is 1. The predicted octanol–water partition coefficient (Wildman–Crippen LogP) is 2.10. The number of para-hydroxylation sites is 1. The molecule has 1 aromatic heterocycles. The van der Waals surface area contributed by atoms with E-state index in [1.165, 1.54) is 18.2 Å². The molecule has 9 heteroatoms. The lowest BCUT2D eigenvalue weighted by atomic mass is 10.1. The largest absolute Gasteiger partial charge is 0.487 e.